The second-order valence-corrected chi connectivity index (χ2v) is 4.19. The average molecular weight is 221 g/mol. The van der Waals surface area contributed by atoms with Crippen molar-refractivity contribution in [3.63, 3.8) is 0 Å². The first-order valence-corrected chi connectivity index (χ1v) is 6.22. The molecule has 1 rings (SSSR count). The molecule has 0 bridgehead atoms. The monoisotopic (exact) mass is 220 g/mol. The second-order valence-electron chi connectivity index (χ2n) is 3.81. The third-order valence-electron chi connectivity index (χ3n) is 2.50. The standard InChI is InChI=1S/C11H21ClO2/c12-7-3-1-2-4-8-13-10-11-6-5-9-14-11/h11H,1-10H2. The fourth-order valence-corrected chi connectivity index (χ4v) is 1.83. The van der Waals surface area contributed by atoms with Crippen LogP contribution in [-0.2, 0) is 9.47 Å². The lowest BCUT2D eigenvalue weighted by Gasteiger charge is -2.09. The van der Waals surface area contributed by atoms with Gasteiger partial charge in [0, 0.05) is 19.1 Å². The number of hydrogen-bond donors (Lipinski definition) is 0. The van der Waals surface area contributed by atoms with E-state index in [1.54, 1.807) is 0 Å². The molecule has 0 N–H and O–H groups in total. The molecule has 3 heteroatoms. The van der Waals surface area contributed by atoms with Gasteiger partial charge in [0.05, 0.1) is 12.7 Å². The van der Waals surface area contributed by atoms with Gasteiger partial charge in [0.2, 0.25) is 0 Å². The Balaban J connectivity index is 1.75. The zero-order valence-corrected chi connectivity index (χ0v) is 9.60. The molecule has 84 valence electrons. The summed E-state index contributed by atoms with van der Waals surface area (Å²) in [6.45, 7) is 2.58. The number of hydrogen-bond acceptors (Lipinski definition) is 2. The lowest BCUT2D eigenvalue weighted by atomic mass is 10.2. The Morgan fingerprint density at radius 3 is 2.79 bits per heavy atom. The Morgan fingerprint density at radius 1 is 1.21 bits per heavy atom. The molecular formula is C11H21ClO2. The van der Waals surface area contributed by atoms with Crippen LogP contribution < -0.4 is 0 Å². The van der Waals surface area contributed by atoms with E-state index in [1.165, 1.54) is 25.7 Å². The molecule has 1 unspecified atom stereocenters. The first-order chi connectivity index (χ1) is 6.93. The van der Waals surface area contributed by atoms with Crippen LogP contribution >= 0.6 is 11.6 Å². The molecular weight excluding hydrogens is 200 g/mol. The smallest absolute Gasteiger partial charge is 0.0809 e. The van der Waals surface area contributed by atoms with Crippen LogP contribution in [0.4, 0.5) is 0 Å². The molecule has 1 aliphatic heterocycles. The average Bonchev–Trinajstić information content (AvgIpc) is 2.69. The van der Waals surface area contributed by atoms with E-state index in [-0.39, 0.29) is 0 Å². The number of unbranched alkanes of at least 4 members (excludes halogenated alkanes) is 3. The molecule has 0 aromatic heterocycles. The van der Waals surface area contributed by atoms with Crippen molar-refractivity contribution in [3.8, 4) is 0 Å². The fourth-order valence-electron chi connectivity index (χ4n) is 1.64. The highest BCUT2D eigenvalue weighted by molar-refractivity contribution is 6.17. The molecule has 1 aliphatic rings. The molecule has 0 radical (unpaired) electrons. The normalized spacial score (nSPS) is 21.6. The summed E-state index contributed by atoms with van der Waals surface area (Å²) in [7, 11) is 0. The maximum Gasteiger partial charge on any atom is 0.0809 e. The van der Waals surface area contributed by atoms with Crippen molar-refractivity contribution in [3.05, 3.63) is 0 Å². The summed E-state index contributed by atoms with van der Waals surface area (Å²) in [5.74, 6) is 0.788. The van der Waals surface area contributed by atoms with Gasteiger partial charge in [-0.1, -0.05) is 12.8 Å². The number of halogens is 1. The molecule has 0 amide bonds. The van der Waals surface area contributed by atoms with E-state index < -0.39 is 0 Å². The van der Waals surface area contributed by atoms with Crippen LogP contribution in [0.3, 0.4) is 0 Å². The molecule has 0 aromatic carbocycles. The van der Waals surface area contributed by atoms with Gasteiger partial charge in [-0.25, -0.2) is 0 Å². The summed E-state index contributed by atoms with van der Waals surface area (Å²) in [5, 5.41) is 0. The Morgan fingerprint density at radius 2 is 2.07 bits per heavy atom. The second kappa shape index (κ2) is 8.51. The molecule has 0 aromatic rings. The van der Waals surface area contributed by atoms with E-state index >= 15 is 0 Å². The van der Waals surface area contributed by atoms with Gasteiger partial charge in [-0.3, -0.25) is 0 Å². The highest BCUT2D eigenvalue weighted by Gasteiger charge is 2.14. The predicted molar refractivity (Wildman–Crippen MR) is 59.0 cm³/mol. The topological polar surface area (TPSA) is 18.5 Å². The highest BCUT2D eigenvalue weighted by Crippen LogP contribution is 2.12. The van der Waals surface area contributed by atoms with Gasteiger partial charge in [0.25, 0.3) is 0 Å². The van der Waals surface area contributed by atoms with E-state index in [1.807, 2.05) is 0 Å². The fraction of sp³-hybridized carbons (Fsp3) is 1.00. The summed E-state index contributed by atoms with van der Waals surface area (Å²) in [4.78, 5) is 0. The van der Waals surface area contributed by atoms with Crippen molar-refractivity contribution in [2.45, 2.75) is 44.6 Å². The molecule has 0 aliphatic carbocycles. The quantitative estimate of drug-likeness (QED) is 0.463. The molecule has 14 heavy (non-hydrogen) atoms. The van der Waals surface area contributed by atoms with Crippen molar-refractivity contribution >= 4 is 11.6 Å². The summed E-state index contributed by atoms with van der Waals surface area (Å²) in [5.41, 5.74) is 0. The van der Waals surface area contributed by atoms with E-state index in [4.69, 9.17) is 21.1 Å². The SMILES string of the molecule is ClCCCCCCOCC1CCCO1. The summed E-state index contributed by atoms with van der Waals surface area (Å²) in [6.07, 6.45) is 7.50. The van der Waals surface area contributed by atoms with Gasteiger partial charge in [0.15, 0.2) is 0 Å². The first kappa shape index (κ1) is 12.3. The summed E-state index contributed by atoms with van der Waals surface area (Å²) < 4.78 is 11.0. The molecule has 1 atom stereocenters. The van der Waals surface area contributed by atoms with Crippen LogP contribution in [0.2, 0.25) is 0 Å². The van der Waals surface area contributed by atoms with Gasteiger partial charge < -0.3 is 9.47 Å². The van der Waals surface area contributed by atoms with Gasteiger partial charge in [-0.2, -0.15) is 0 Å². The van der Waals surface area contributed by atoms with Crippen molar-refractivity contribution < 1.29 is 9.47 Å². The molecule has 1 fully saturated rings. The minimum atomic E-state index is 0.373. The largest absolute Gasteiger partial charge is 0.379 e. The predicted octanol–water partition coefficient (Wildman–Crippen LogP) is 2.98. The van der Waals surface area contributed by atoms with Crippen LogP contribution in [0.25, 0.3) is 0 Å². The molecule has 1 heterocycles. The molecule has 1 saturated heterocycles. The van der Waals surface area contributed by atoms with E-state index in [0.717, 1.165) is 38.5 Å². The molecule has 2 nitrogen and oxygen atoms in total. The minimum Gasteiger partial charge on any atom is -0.379 e. The van der Waals surface area contributed by atoms with Gasteiger partial charge in [0.1, 0.15) is 0 Å². The minimum absolute atomic E-state index is 0.373. The Kier molecular flexibility index (Phi) is 7.47. The lowest BCUT2D eigenvalue weighted by molar-refractivity contribution is 0.0161. The maximum absolute atomic E-state index is 5.58. The first-order valence-electron chi connectivity index (χ1n) is 5.69. The zero-order valence-electron chi connectivity index (χ0n) is 8.84. The van der Waals surface area contributed by atoms with Crippen LogP contribution in [0.5, 0.6) is 0 Å². The van der Waals surface area contributed by atoms with E-state index in [9.17, 15) is 0 Å². The zero-order chi connectivity index (χ0) is 10.1. The van der Waals surface area contributed by atoms with Crippen molar-refractivity contribution in [1.29, 1.82) is 0 Å². The van der Waals surface area contributed by atoms with Crippen molar-refractivity contribution in [1.82, 2.24) is 0 Å². The maximum atomic E-state index is 5.58. The lowest BCUT2D eigenvalue weighted by Crippen LogP contribution is -2.14. The third-order valence-corrected chi connectivity index (χ3v) is 2.77. The van der Waals surface area contributed by atoms with Gasteiger partial charge >= 0.3 is 0 Å². The van der Waals surface area contributed by atoms with Crippen LogP contribution in [-0.4, -0.2) is 31.8 Å². The third kappa shape index (κ3) is 5.84. The summed E-state index contributed by atoms with van der Waals surface area (Å²) >= 11 is 5.58. The Bertz CT molecular complexity index is 124. The Labute approximate surface area is 91.9 Å². The van der Waals surface area contributed by atoms with Crippen LogP contribution in [0.1, 0.15) is 38.5 Å². The number of alkyl halides is 1. The van der Waals surface area contributed by atoms with E-state index in [0.29, 0.717) is 6.10 Å². The van der Waals surface area contributed by atoms with Crippen LogP contribution in [0, 0.1) is 0 Å². The highest BCUT2D eigenvalue weighted by atomic mass is 35.5. The van der Waals surface area contributed by atoms with Crippen LogP contribution in [0.15, 0.2) is 0 Å². The van der Waals surface area contributed by atoms with Gasteiger partial charge in [-0.05, 0) is 25.7 Å². The number of ether oxygens (including phenoxy) is 2. The molecule has 0 saturated carbocycles. The van der Waals surface area contributed by atoms with E-state index in [2.05, 4.69) is 0 Å². The van der Waals surface area contributed by atoms with Crippen molar-refractivity contribution in [2.24, 2.45) is 0 Å². The van der Waals surface area contributed by atoms with Crippen molar-refractivity contribution in [2.75, 3.05) is 25.7 Å². The molecule has 0 spiro atoms. The van der Waals surface area contributed by atoms with Gasteiger partial charge in [-0.15, -0.1) is 11.6 Å². The number of rotatable bonds is 8. The summed E-state index contributed by atoms with van der Waals surface area (Å²) in [6, 6.07) is 0. The Hall–Kier alpha value is 0.210.